The van der Waals surface area contributed by atoms with Crippen LogP contribution in [0.1, 0.15) is 41.5 Å². The van der Waals surface area contributed by atoms with E-state index in [4.69, 9.17) is 0 Å². The molecule has 0 aromatic heterocycles. The maximum atomic E-state index is 11.4. The molecule has 0 aliphatic heterocycles. The van der Waals surface area contributed by atoms with E-state index in [0.717, 1.165) is 0 Å². The molecule has 0 atom stereocenters. The molecule has 0 aliphatic rings. The molecule has 0 saturated heterocycles. The molecular formula is C11H21NO. The minimum absolute atomic E-state index is 0.0225. The molecule has 0 aromatic rings. The fourth-order valence-corrected chi connectivity index (χ4v) is 0.617. The van der Waals surface area contributed by atoms with Crippen molar-refractivity contribution in [3.05, 3.63) is 12.3 Å². The van der Waals surface area contributed by atoms with Gasteiger partial charge in [0.1, 0.15) is 0 Å². The minimum atomic E-state index is -0.282. The number of hydrogen-bond donors (Lipinski definition) is 1. The predicted octanol–water partition coefficient (Wildman–Crippen LogP) is 2.50. The zero-order chi connectivity index (χ0) is 10.7. The van der Waals surface area contributed by atoms with Gasteiger partial charge in [0.2, 0.25) is 0 Å². The van der Waals surface area contributed by atoms with Crippen LogP contribution in [0, 0.1) is 5.41 Å². The highest BCUT2D eigenvalue weighted by Crippen LogP contribution is 2.14. The monoisotopic (exact) mass is 183 g/mol. The first-order valence-electron chi connectivity index (χ1n) is 4.61. The molecule has 2 nitrogen and oxygen atoms in total. The van der Waals surface area contributed by atoms with E-state index in [1.54, 1.807) is 12.3 Å². The summed E-state index contributed by atoms with van der Waals surface area (Å²) in [4.78, 5) is 11.4. The first-order chi connectivity index (χ1) is 5.63. The van der Waals surface area contributed by atoms with Crippen LogP contribution in [0.25, 0.3) is 0 Å². The summed E-state index contributed by atoms with van der Waals surface area (Å²) in [6, 6.07) is 0. The number of ketones is 1. The molecule has 0 rings (SSSR count). The minimum Gasteiger partial charge on any atom is -0.386 e. The Hall–Kier alpha value is -0.790. The highest BCUT2D eigenvalue weighted by Gasteiger charge is 2.18. The molecule has 0 radical (unpaired) electrons. The fraction of sp³-hybridized carbons (Fsp3) is 0.727. The molecule has 0 saturated carbocycles. The van der Waals surface area contributed by atoms with Gasteiger partial charge in [0, 0.05) is 17.2 Å². The molecule has 2 heteroatoms. The SMILES string of the molecule is CC(C)(C)N/C=C\C(=O)C(C)(C)C. The predicted molar refractivity (Wildman–Crippen MR) is 56.5 cm³/mol. The Balaban J connectivity index is 4.09. The van der Waals surface area contributed by atoms with E-state index in [2.05, 4.69) is 26.1 Å². The van der Waals surface area contributed by atoms with Gasteiger partial charge < -0.3 is 5.32 Å². The van der Waals surface area contributed by atoms with E-state index in [1.807, 2.05) is 20.8 Å². The van der Waals surface area contributed by atoms with Crippen LogP contribution in [0.5, 0.6) is 0 Å². The van der Waals surface area contributed by atoms with Gasteiger partial charge in [-0.15, -0.1) is 0 Å². The van der Waals surface area contributed by atoms with Crippen molar-refractivity contribution in [3.8, 4) is 0 Å². The molecule has 0 aliphatic carbocycles. The smallest absolute Gasteiger partial charge is 0.162 e. The van der Waals surface area contributed by atoms with E-state index in [0.29, 0.717) is 0 Å². The molecule has 0 bridgehead atoms. The number of carbonyl (C=O) groups excluding carboxylic acids is 1. The summed E-state index contributed by atoms with van der Waals surface area (Å²) >= 11 is 0. The summed E-state index contributed by atoms with van der Waals surface area (Å²) in [6.45, 7) is 11.9. The van der Waals surface area contributed by atoms with Crippen molar-refractivity contribution in [2.24, 2.45) is 5.41 Å². The van der Waals surface area contributed by atoms with Crippen LogP contribution in [0.4, 0.5) is 0 Å². The van der Waals surface area contributed by atoms with Crippen molar-refractivity contribution in [1.82, 2.24) is 5.32 Å². The highest BCUT2D eigenvalue weighted by molar-refractivity contribution is 5.93. The third-order valence-corrected chi connectivity index (χ3v) is 1.49. The zero-order valence-electron chi connectivity index (χ0n) is 9.56. The Bertz CT molecular complexity index is 203. The third kappa shape index (κ3) is 6.38. The van der Waals surface area contributed by atoms with Gasteiger partial charge in [-0.1, -0.05) is 20.8 Å². The van der Waals surface area contributed by atoms with Crippen LogP contribution in [0.3, 0.4) is 0 Å². The van der Waals surface area contributed by atoms with Gasteiger partial charge in [-0.25, -0.2) is 0 Å². The summed E-state index contributed by atoms with van der Waals surface area (Å²) in [5.74, 6) is 0.143. The maximum Gasteiger partial charge on any atom is 0.162 e. The number of hydrogen-bond acceptors (Lipinski definition) is 2. The van der Waals surface area contributed by atoms with Crippen LogP contribution in [-0.2, 0) is 4.79 Å². The van der Waals surface area contributed by atoms with Crippen LogP contribution in [0.15, 0.2) is 12.3 Å². The normalized spacial score (nSPS) is 13.4. The molecule has 0 spiro atoms. The molecule has 76 valence electrons. The van der Waals surface area contributed by atoms with E-state index in [-0.39, 0.29) is 16.7 Å². The van der Waals surface area contributed by atoms with Gasteiger partial charge in [0.05, 0.1) is 0 Å². The Kier molecular flexibility index (Phi) is 3.71. The van der Waals surface area contributed by atoms with E-state index in [1.165, 1.54) is 0 Å². The zero-order valence-corrected chi connectivity index (χ0v) is 9.56. The van der Waals surface area contributed by atoms with Crippen molar-refractivity contribution in [2.75, 3.05) is 0 Å². The summed E-state index contributed by atoms with van der Waals surface area (Å²) in [5.41, 5.74) is -0.259. The summed E-state index contributed by atoms with van der Waals surface area (Å²) < 4.78 is 0. The lowest BCUT2D eigenvalue weighted by Crippen LogP contribution is -2.31. The second-order valence-electron chi connectivity index (χ2n) is 5.34. The largest absolute Gasteiger partial charge is 0.386 e. The van der Waals surface area contributed by atoms with E-state index in [9.17, 15) is 4.79 Å². The summed E-state index contributed by atoms with van der Waals surface area (Å²) in [6.07, 6.45) is 3.33. The third-order valence-electron chi connectivity index (χ3n) is 1.49. The van der Waals surface area contributed by atoms with Crippen molar-refractivity contribution in [3.63, 3.8) is 0 Å². The first kappa shape index (κ1) is 12.2. The van der Waals surface area contributed by atoms with Gasteiger partial charge in [-0.05, 0) is 26.8 Å². The molecular weight excluding hydrogens is 162 g/mol. The first-order valence-corrected chi connectivity index (χ1v) is 4.61. The van der Waals surface area contributed by atoms with Crippen LogP contribution in [0.2, 0.25) is 0 Å². The summed E-state index contributed by atoms with van der Waals surface area (Å²) in [5, 5.41) is 3.12. The molecule has 0 aromatic carbocycles. The van der Waals surface area contributed by atoms with Gasteiger partial charge in [-0.2, -0.15) is 0 Å². The van der Waals surface area contributed by atoms with Gasteiger partial charge in [0.25, 0.3) is 0 Å². The Morgan fingerprint density at radius 2 is 1.54 bits per heavy atom. The lowest BCUT2D eigenvalue weighted by molar-refractivity contribution is -0.121. The van der Waals surface area contributed by atoms with Gasteiger partial charge >= 0.3 is 0 Å². The van der Waals surface area contributed by atoms with Crippen molar-refractivity contribution < 1.29 is 4.79 Å². The van der Waals surface area contributed by atoms with Gasteiger partial charge in [-0.3, -0.25) is 4.79 Å². The molecule has 0 unspecified atom stereocenters. The summed E-state index contributed by atoms with van der Waals surface area (Å²) in [7, 11) is 0. The lowest BCUT2D eigenvalue weighted by Gasteiger charge is -2.19. The molecule has 1 N–H and O–H groups in total. The quantitative estimate of drug-likeness (QED) is 0.666. The number of nitrogens with one attached hydrogen (secondary N) is 1. The molecule has 0 heterocycles. The average molecular weight is 183 g/mol. The lowest BCUT2D eigenvalue weighted by atomic mass is 9.91. The molecule has 0 amide bonds. The Morgan fingerprint density at radius 3 is 1.85 bits per heavy atom. The second-order valence-corrected chi connectivity index (χ2v) is 5.34. The van der Waals surface area contributed by atoms with E-state index >= 15 is 0 Å². The standard InChI is InChI=1S/C11H21NO/c1-10(2,3)9(13)7-8-12-11(4,5)6/h7-8,12H,1-6H3/b8-7-. The number of carbonyl (C=O) groups is 1. The maximum absolute atomic E-state index is 11.4. The van der Waals surface area contributed by atoms with Crippen LogP contribution >= 0.6 is 0 Å². The average Bonchev–Trinajstić information content (AvgIpc) is 1.82. The van der Waals surface area contributed by atoms with Crippen LogP contribution in [-0.4, -0.2) is 11.3 Å². The Labute approximate surface area is 81.4 Å². The van der Waals surface area contributed by atoms with Crippen molar-refractivity contribution in [1.29, 1.82) is 0 Å². The molecule has 13 heavy (non-hydrogen) atoms. The van der Waals surface area contributed by atoms with Crippen molar-refractivity contribution >= 4 is 5.78 Å². The van der Waals surface area contributed by atoms with Gasteiger partial charge in [0.15, 0.2) is 5.78 Å². The number of rotatable bonds is 2. The van der Waals surface area contributed by atoms with Crippen LogP contribution < -0.4 is 5.32 Å². The van der Waals surface area contributed by atoms with E-state index < -0.39 is 0 Å². The van der Waals surface area contributed by atoms with Crippen molar-refractivity contribution in [2.45, 2.75) is 47.1 Å². The second kappa shape index (κ2) is 3.95. The molecule has 0 fully saturated rings. The highest BCUT2D eigenvalue weighted by atomic mass is 16.1. The fourth-order valence-electron chi connectivity index (χ4n) is 0.617. The topological polar surface area (TPSA) is 29.1 Å². The Morgan fingerprint density at radius 1 is 1.08 bits per heavy atom. The number of allylic oxidation sites excluding steroid dienone is 1.